The van der Waals surface area contributed by atoms with Crippen LogP contribution in [0.5, 0.6) is 0 Å². The highest BCUT2D eigenvalue weighted by Crippen LogP contribution is 2.23. The average molecular weight is 450 g/mol. The Balaban J connectivity index is 1.74. The van der Waals surface area contributed by atoms with Crippen molar-refractivity contribution >= 4 is 27.0 Å². The number of aromatic nitrogens is 2. The number of hydrogen-bond donors (Lipinski definition) is 1. The number of carbonyl (C=O) groups is 1. The number of aryl methyl sites for hydroxylation is 2. The van der Waals surface area contributed by atoms with Gasteiger partial charge in [-0.25, -0.2) is 13.4 Å². The van der Waals surface area contributed by atoms with Crippen LogP contribution in [0.25, 0.3) is 11.0 Å². The fourth-order valence-electron chi connectivity index (χ4n) is 4.25. The number of imidazole rings is 1. The third-order valence-electron chi connectivity index (χ3n) is 6.12. The van der Waals surface area contributed by atoms with E-state index < -0.39 is 10.0 Å². The summed E-state index contributed by atoms with van der Waals surface area (Å²) in [5.41, 5.74) is 1.55. The molecule has 1 saturated heterocycles. The Morgan fingerprint density at radius 3 is 2.48 bits per heavy atom. The van der Waals surface area contributed by atoms with Crippen molar-refractivity contribution < 1.29 is 13.2 Å². The van der Waals surface area contributed by atoms with E-state index in [4.69, 9.17) is 4.98 Å². The number of benzene rings is 1. The predicted molar refractivity (Wildman–Crippen MR) is 122 cm³/mol. The van der Waals surface area contributed by atoms with Gasteiger partial charge in [-0.1, -0.05) is 13.8 Å². The molecule has 0 bridgehead atoms. The van der Waals surface area contributed by atoms with Crippen LogP contribution in [0.3, 0.4) is 0 Å². The molecule has 2 heterocycles. The van der Waals surface area contributed by atoms with Crippen LogP contribution in [-0.2, 0) is 27.8 Å². The number of hydrogen-bond acceptors (Lipinski definition) is 5. The van der Waals surface area contributed by atoms with Crippen LogP contribution < -0.4 is 5.32 Å². The molecule has 9 heteroatoms. The third kappa shape index (κ3) is 5.27. The summed E-state index contributed by atoms with van der Waals surface area (Å²) >= 11 is 0. The van der Waals surface area contributed by atoms with Gasteiger partial charge in [-0.3, -0.25) is 4.79 Å². The molecule has 1 aliphatic rings. The number of sulfonamides is 1. The second-order valence-electron chi connectivity index (χ2n) is 8.16. The normalized spacial score (nSPS) is 16.3. The van der Waals surface area contributed by atoms with E-state index in [1.165, 1.54) is 4.31 Å². The van der Waals surface area contributed by atoms with Crippen molar-refractivity contribution in [3.05, 3.63) is 24.0 Å². The zero-order chi connectivity index (χ0) is 22.6. The van der Waals surface area contributed by atoms with Gasteiger partial charge in [0, 0.05) is 38.5 Å². The number of fused-ring (bicyclic) bond motifs is 1. The van der Waals surface area contributed by atoms with Crippen LogP contribution in [-0.4, -0.2) is 72.3 Å². The molecular formula is C22H35N5O3S. The molecule has 1 aromatic heterocycles. The topological polar surface area (TPSA) is 87.5 Å². The largest absolute Gasteiger partial charge is 0.353 e. The van der Waals surface area contributed by atoms with Crippen LogP contribution in [0.4, 0.5) is 0 Å². The monoisotopic (exact) mass is 449 g/mol. The van der Waals surface area contributed by atoms with Gasteiger partial charge in [-0.2, -0.15) is 4.31 Å². The van der Waals surface area contributed by atoms with Crippen molar-refractivity contribution in [2.45, 2.75) is 63.9 Å². The quantitative estimate of drug-likeness (QED) is 0.634. The zero-order valence-electron chi connectivity index (χ0n) is 19.1. The summed E-state index contributed by atoms with van der Waals surface area (Å²) in [4.78, 5) is 19.7. The summed E-state index contributed by atoms with van der Waals surface area (Å²) in [5.74, 6) is 0.863. The van der Waals surface area contributed by atoms with E-state index in [2.05, 4.69) is 21.8 Å². The first-order valence-electron chi connectivity index (χ1n) is 11.3. The van der Waals surface area contributed by atoms with Crippen LogP contribution >= 0.6 is 0 Å². The fraction of sp³-hybridized carbons (Fsp3) is 0.636. The Hall–Kier alpha value is -1.97. The maximum Gasteiger partial charge on any atom is 0.243 e. The van der Waals surface area contributed by atoms with Crippen molar-refractivity contribution in [1.82, 2.24) is 24.1 Å². The smallest absolute Gasteiger partial charge is 0.243 e. The standard InChI is InChI=1S/C22H35N5O3S/c1-5-26(6-2)31(29,30)18-8-9-20-19(16-18)24-21(27(20)7-3)10-11-22(28)23-17-12-14-25(4)15-13-17/h8-9,16-17H,5-7,10-15H2,1-4H3,(H,23,28). The average Bonchev–Trinajstić information content (AvgIpc) is 3.11. The first kappa shape index (κ1) is 23.7. The number of likely N-dealkylation sites (tertiary alicyclic amines) is 1. The molecule has 0 spiro atoms. The highest BCUT2D eigenvalue weighted by Gasteiger charge is 2.23. The first-order chi connectivity index (χ1) is 14.8. The number of carbonyl (C=O) groups excluding carboxylic acids is 1. The number of nitrogens with one attached hydrogen (secondary N) is 1. The highest BCUT2D eigenvalue weighted by atomic mass is 32.2. The van der Waals surface area contributed by atoms with E-state index in [0.717, 1.165) is 37.3 Å². The maximum atomic E-state index is 12.9. The summed E-state index contributed by atoms with van der Waals surface area (Å²) in [6.45, 7) is 9.29. The van der Waals surface area contributed by atoms with E-state index in [1.54, 1.807) is 12.1 Å². The SMILES string of the molecule is CCN(CC)S(=O)(=O)c1ccc2c(c1)nc(CCC(=O)NC1CCN(C)CC1)n2CC. The molecule has 0 aliphatic carbocycles. The van der Waals surface area contributed by atoms with Gasteiger partial charge in [0.2, 0.25) is 15.9 Å². The fourth-order valence-corrected chi connectivity index (χ4v) is 5.73. The summed E-state index contributed by atoms with van der Waals surface area (Å²) in [6, 6.07) is 5.38. The van der Waals surface area contributed by atoms with Crippen molar-refractivity contribution in [3.8, 4) is 0 Å². The summed E-state index contributed by atoms with van der Waals surface area (Å²) in [7, 11) is -1.43. The molecule has 8 nitrogen and oxygen atoms in total. The van der Waals surface area contributed by atoms with Gasteiger partial charge in [-0.15, -0.1) is 0 Å². The Kier molecular flexibility index (Phi) is 7.72. The Morgan fingerprint density at radius 2 is 1.87 bits per heavy atom. The lowest BCUT2D eigenvalue weighted by atomic mass is 10.1. The zero-order valence-corrected chi connectivity index (χ0v) is 19.9. The third-order valence-corrected chi connectivity index (χ3v) is 8.16. The minimum absolute atomic E-state index is 0.0501. The molecule has 0 saturated carbocycles. The van der Waals surface area contributed by atoms with E-state index in [1.807, 2.05) is 26.8 Å². The molecule has 1 fully saturated rings. The van der Waals surface area contributed by atoms with Gasteiger partial charge < -0.3 is 14.8 Å². The van der Waals surface area contributed by atoms with Crippen LogP contribution in [0.2, 0.25) is 0 Å². The van der Waals surface area contributed by atoms with E-state index in [0.29, 0.717) is 38.0 Å². The predicted octanol–water partition coefficient (Wildman–Crippen LogP) is 2.23. The van der Waals surface area contributed by atoms with Crippen molar-refractivity contribution in [3.63, 3.8) is 0 Å². The number of amides is 1. The molecule has 3 rings (SSSR count). The van der Waals surface area contributed by atoms with Gasteiger partial charge in [-0.05, 0) is 58.1 Å². The second-order valence-corrected chi connectivity index (χ2v) is 10.1. The molecule has 2 aromatic rings. The maximum absolute atomic E-state index is 12.9. The molecular weight excluding hydrogens is 414 g/mol. The molecule has 172 valence electrons. The van der Waals surface area contributed by atoms with Crippen LogP contribution in [0.1, 0.15) is 45.9 Å². The summed E-state index contributed by atoms with van der Waals surface area (Å²) < 4.78 is 29.2. The second kappa shape index (κ2) is 10.1. The molecule has 0 radical (unpaired) electrons. The number of nitrogens with zero attached hydrogens (tertiary/aromatic N) is 4. The Labute approximate surface area is 185 Å². The minimum Gasteiger partial charge on any atom is -0.353 e. The lowest BCUT2D eigenvalue weighted by Crippen LogP contribution is -2.43. The van der Waals surface area contributed by atoms with Crippen molar-refractivity contribution in [2.75, 3.05) is 33.2 Å². The molecule has 31 heavy (non-hydrogen) atoms. The van der Waals surface area contributed by atoms with Gasteiger partial charge >= 0.3 is 0 Å². The summed E-state index contributed by atoms with van der Waals surface area (Å²) in [6.07, 6.45) is 2.87. The van der Waals surface area contributed by atoms with Crippen molar-refractivity contribution in [1.29, 1.82) is 0 Å². The minimum atomic E-state index is -3.53. The Bertz CT molecular complexity index is 1010. The number of piperidine rings is 1. The number of rotatable bonds is 9. The lowest BCUT2D eigenvalue weighted by Gasteiger charge is -2.29. The van der Waals surface area contributed by atoms with E-state index in [9.17, 15) is 13.2 Å². The van der Waals surface area contributed by atoms with Gasteiger partial charge in [0.05, 0.1) is 15.9 Å². The van der Waals surface area contributed by atoms with E-state index in [-0.39, 0.29) is 16.8 Å². The van der Waals surface area contributed by atoms with Crippen LogP contribution in [0.15, 0.2) is 23.1 Å². The van der Waals surface area contributed by atoms with Crippen molar-refractivity contribution in [2.24, 2.45) is 0 Å². The van der Waals surface area contributed by atoms with Gasteiger partial charge in [0.1, 0.15) is 5.82 Å². The van der Waals surface area contributed by atoms with Crippen LogP contribution in [0, 0.1) is 0 Å². The highest BCUT2D eigenvalue weighted by molar-refractivity contribution is 7.89. The Morgan fingerprint density at radius 1 is 1.19 bits per heavy atom. The van der Waals surface area contributed by atoms with Gasteiger partial charge in [0.25, 0.3) is 0 Å². The van der Waals surface area contributed by atoms with Gasteiger partial charge in [0.15, 0.2) is 0 Å². The first-order valence-corrected chi connectivity index (χ1v) is 12.7. The molecule has 1 N–H and O–H groups in total. The van der Waals surface area contributed by atoms with E-state index >= 15 is 0 Å². The molecule has 0 atom stereocenters. The molecule has 1 aliphatic heterocycles. The summed E-state index contributed by atoms with van der Waals surface area (Å²) in [5, 5.41) is 3.15. The molecule has 0 unspecified atom stereocenters. The molecule has 1 aromatic carbocycles. The molecule has 1 amide bonds. The lowest BCUT2D eigenvalue weighted by molar-refractivity contribution is -0.122.